The maximum absolute atomic E-state index is 12.6. The summed E-state index contributed by atoms with van der Waals surface area (Å²) in [5.41, 5.74) is 0. The van der Waals surface area contributed by atoms with Gasteiger partial charge in [0.05, 0.1) is 6.61 Å². The van der Waals surface area contributed by atoms with E-state index in [-0.39, 0.29) is 4.90 Å². The third-order valence-corrected chi connectivity index (χ3v) is 4.64. The Bertz CT molecular complexity index is 491. The number of aromatic nitrogens is 1. The predicted molar refractivity (Wildman–Crippen MR) is 74.7 cm³/mol. The van der Waals surface area contributed by atoms with E-state index in [1.54, 1.807) is 32.4 Å². The van der Waals surface area contributed by atoms with Crippen LogP contribution < -0.4 is 5.32 Å². The van der Waals surface area contributed by atoms with Crippen molar-refractivity contribution in [2.75, 3.05) is 38.7 Å². The van der Waals surface area contributed by atoms with Crippen molar-refractivity contribution in [2.45, 2.75) is 18.7 Å². The number of likely N-dealkylation sites (N-methyl/N-ethyl adjacent to an activating group) is 1. The summed E-state index contributed by atoms with van der Waals surface area (Å²) in [7, 11) is -2.00. The second-order valence-corrected chi connectivity index (χ2v) is 5.78. The lowest BCUT2D eigenvalue weighted by molar-refractivity contribution is 0.180. The monoisotopic (exact) mass is 287 g/mol. The number of pyridine rings is 1. The fourth-order valence-corrected chi connectivity index (χ4v) is 3.23. The molecular formula is C12H21N3O3S. The number of nitrogens with one attached hydrogen (secondary N) is 1. The van der Waals surface area contributed by atoms with Gasteiger partial charge >= 0.3 is 0 Å². The average Bonchev–Trinajstić information content (AvgIpc) is 2.40. The van der Waals surface area contributed by atoms with Crippen LogP contribution in [0.25, 0.3) is 0 Å². The van der Waals surface area contributed by atoms with E-state index >= 15 is 0 Å². The number of sulfonamides is 1. The lowest BCUT2D eigenvalue weighted by atomic mass is 10.4. The first kappa shape index (κ1) is 15.9. The summed E-state index contributed by atoms with van der Waals surface area (Å²) in [5.74, 6) is 0.390. The molecule has 7 heteroatoms. The first-order valence-corrected chi connectivity index (χ1v) is 7.69. The van der Waals surface area contributed by atoms with Crippen LogP contribution in [0.4, 0.5) is 5.82 Å². The van der Waals surface area contributed by atoms with E-state index in [1.807, 2.05) is 6.92 Å². The smallest absolute Gasteiger partial charge is 0.246 e. The number of nitrogens with zero attached hydrogens (tertiary/aromatic N) is 2. The fourth-order valence-electron chi connectivity index (χ4n) is 1.68. The van der Waals surface area contributed by atoms with Crippen molar-refractivity contribution >= 4 is 15.8 Å². The molecule has 0 amide bonds. The molecule has 1 aromatic rings. The predicted octanol–water partition coefficient (Wildman–Crippen LogP) is 1.17. The summed E-state index contributed by atoms with van der Waals surface area (Å²) < 4.78 is 31.4. The molecule has 19 heavy (non-hydrogen) atoms. The number of hydrogen-bond acceptors (Lipinski definition) is 5. The van der Waals surface area contributed by atoms with E-state index in [1.165, 1.54) is 4.31 Å². The van der Waals surface area contributed by atoms with Crippen molar-refractivity contribution < 1.29 is 13.2 Å². The van der Waals surface area contributed by atoms with Gasteiger partial charge in [0.15, 0.2) is 0 Å². The van der Waals surface area contributed by atoms with E-state index in [4.69, 9.17) is 4.74 Å². The molecule has 1 rings (SSSR count). The largest absolute Gasteiger partial charge is 0.383 e. The van der Waals surface area contributed by atoms with Crippen molar-refractivity contribution in [1.29, 1.82) is 0 Å². The average molecular weight is 287 g/mol. The Balaban J connectivity index is 3.10. The van der Waals surface area contributed by atoms with Gasteiger partial charge < -0.3 is 10.1 Å². The Morgan fingerprint density at radius 3 is 2.74 bits per heavy atom. The number of methoxy groups -OCH3 is 1. The Hall–Kier alpha value is -1.18. The SMILES string of the molecule is CCNc1ncccc1S(=O)(=O)N(CC)CCOC. The molecule has 0 aliphatic heterocycles. The van der Waals surface area contributed by atoms with Crippen LogP contribution in [0.15, 0.2) is 23.2 Å². The van der Waals surface area contributed by atoms with Crippen LogP contribution in [0.3, 0.4) is 0 Å². The van der Waals surface area contributed by atoms with Crippen LogP contribution in [-0.2, 0) is 14.8 Å². The normalized spacial score (nSPS) is 11.8. The van der Waals surface area contributed by atoms with Gasteiger partial charge in [-0.2, -0.15) is 4.31 Å². The Morgan fingerprint density at radius 1 is 1.42 bits per heavy atom. The maximum atomic E-state index is 12.6. The zero-order chi connectivity index (χ0) is 14.3. The van der Waals surface area contributed by atoms with Gasteiger partial charge in [0.25, 0.3) is 0 Å². The number of rotatable bonds is 8. The number of anilines is 1. The third-order valence-electron chi connectivity index (χ3n) is 2.63. The van der Waals surface area contributed by atoms with Gasteiger partial charge in [-0.25, -0.2) is 13.4 Å². The van der Waals surface area contributed by atoms with Gasteiger partial charge in [-0.05, 0) is 19.1 Å². The molecule has 108 valence electrons. The van der Waals surface area contributed by atoms with Crippen LogP contribution in [-0.4, -0.2) is 51.1 Å². The Morgan fingerprint density at radius 2 is 2.16 bits per heavy atom. The van der Waals surface area contributed by atoms with Crippen molar-refractivity contribution in [3.8, 4) is 0 Å². The highest BCUT2D eigenvalue weighted by Crippen LogP contribution is 2.22. The molecule has 0 fully saturated rings. The zero-order valence-corrected chi connectivity index (χ0v) is 12.4. The summed E-state index contributed by atoms with van der Waals surface area (Å²) in [5, 5.41) is 2.97. The van der Waals surface area contributed by atoms with Gasteiger partial charge in [0.2, 0.25) is 10.0 Å². The van der Waals surface area contributed by atoms with Crippen LogP contribution in [0.2, 0.25) is 0 Å². The van der Waals surface area contributed by atoms with E-state index in [0.717, 1.165) is 0 Å². The van der Waals surface area contributed by atoms with Gasteiger partial charge in [-0.3, -0.25) is 0 Å². The molecule has 0 saturated heterocycles. The summed E-state index contributed by atoms with van der Waals surface area (Å²) in [6.45, 7) is 5.40. The van der Waals surface area contributed by atoms with Gasteiger partial charge in [-0.1, -0.05) is 6.92 Å². The van der Waals surface area contributed by atoms with Crippen LogP contribution in [0.5, 0.6) is 0 Å². The third kappa shape index (κ3) is 3.89. The van der Waals surface area contributed by atoms with Gasteiger partial charge in [0, 0.05) is 32.9 Å². The summed E-state index contributed by atoms with van der Waals surface area (Å²) in [4.78, 5) is 4.29. The zero-order valence-electron chi connectivity index (χ0n) is 11.6. The lowest BCUT2D eigenvalue weighted by Gasteiger charge is -2.21. The standard InChI is InChI=1S/C12H21N3O3S/c1-4-13-12-11(7-6-8-14-12)19(16,17)15(5-2)9-10-18-3/h6-8H,4-5,9-10H2,1-3H3,(H,13,14). The molecule has 0 atom stereocenters. The minimum Gasteiger partial charge on any atom is -0.383 e. The maximum Gasteiger partial charge on any atom is 0.246 e. The van der Waals surface area contributed by atoms with Crippen LogP contribution >= 0.6 is 0 Å². The van der Waals surface area contributed by atoms with Crippen molar-refractivity contribution in [3.63, 3.8) is 0 Å². The molecule has 6 nitrogen and oxygen atoms in total. The lowest BCUT2D eigenvalue weighted by Crippen LogP contribution is -2.34. The molecule has 0 radical (unpaired) electrons. The van der Waals surface area contributed by atoms with Crippen molar-refractivity contribution in [1.82, 2.24) is 9.29 Å². The second-order valence-electron chi connectivity index (χ2n) is 3.87. The van der Waals surface area contributed by atoms with Crippen molar-refractivity contribution in [3.05, 3.63) is 18.3 Å². The van der Waals surface area contributed by atoms with E-state index in [9.17, 15) is 8.42 Å². The minimum atomic E-state index is -3.55. The van der Waals surface area contributed by atoms with E-state index in [0.29, 0.717) is 32.1 Å². The number of hydrogen-bond donors (Lipinski definition) is 1. The van der Waals surface area contributed by atoms with Crippen LogP contribution in [0.1, 0.15) is 13.8 Å². The second kappa shape index (κ2) is 7.42. The van der Waals surface area contributed by atoms with Gasteiger partial charge in [0.1, 0.15) is 10.7 Å². The highest BCUT2D eigenvalue weighted by molar-refractivity contribution is 7.89. The highest BCUT2D eigenvalue weighted by atomic mass is 32.2. The topological polar surface area (TPSA) is 71.5 Å². The molecular weight excluding hydrogens is 266 g/mol. The fraction of sp³-hybridized carbons (Fsp3) is 0.583. The minimum absolute atomic E-state index is 0.204. The molecule has 0 spiro atoms. The molecule has 0 unspecified atom stereocenters. The summed E-state index contributed by atoms with van der Waals surface area (Å²) in [6.07, 6.45) is 1.57. The number of ether oxygens (including phenoxy) is 1. The molecule has 0 aromatic carbocycles. The van der Waals surface area contributed by atoms with E-state index in [2.05, 4.69) is 10.3 Å². The van der Waals surface area contributed by atoms with Crippen molar-refractivity contribution in [2.24, 2.45) is 0 Å². The highest BCUT2D eigenvalue weighted by Gasteiger charge is 2.25. The van der Waals surface area contributed by atoms with Gasteiger partial charge in [-0.15, -0.1) is 0 Å². The first-order valence-electron chi connectivity index (χ1n) is 6.25. The van der Waals surface area contributed by atoms with E-state index < -0.39 is 10.0 Å². The molecule has 0 aliphatic rings. The summed E-state index contributed by atoms with van der Waals surface area (Å²) in [6, 6.07) is 3.19. The first-order chi connectivity index (χ1) is 9.07. The molecule has 0 aliphatic carbocycles. The molecule has 1 aromatic heterocycles. The quantitative estimate of drug-likeness (QED) is 0.777. The Kier molecular flexibility index (Phi) is 6.20. The molecule has 1 N–H and O–H groups in total. The summed E-state index contributed by atoms with van der Waals surface area (Å²) >= 11 is 0. The Labute approximate surface area is 114 Å². The molecule has 0 bridgehead atoms. The molecule has 0 saturated carbocycles. The molecule has 1 heterocycles. The van der Waals surface area contributed by atoms with Crippen LogP contribution in [0, 0.1) is 0 Å².